The lowest BCUT2D eigenvalue weighted by Crippen LogP contribution is -2.39. The Labute approximate surface area is 251 Å². The van der Waals surface area contributed by atoms with Gasteiger partial charge in [0.15, 0.2) is 4.80 Å². The topological polar surface area (TPSA) is 116 Å². The second-order valence-electron chi connectivity index (χ2n) is 10.1. The SMILES string of the molecule is CCOC(=O)C1=C(C)N=c2s/c(=C\c3ccc(OCc4ccc([N+](=O)[O-])cc4)cc3)c(=O)n2[C@@H]1c1ccc(N(C)C)cc1. The lowest BCUT2D eigenvalue weighted by atomic mass is 9.95. The Morgan fingerprint density at radius 2 is 1.74 bits per heavy atom. The lowest BCUT2D eigenvalue weighted by Gasteiger charge is -2.25. The van der Waals surface area contributed by atoms with Crippen LogP contribution < -0.4 is 24.5 Å². The van der Waals surface area contributed by atoms with Gasteiger partial charge in [0.1, 0.15) is 12.4 Å². The maximum absolute atomic E-state index is 13.8. The number of rotatable bonds is 9. The Kier molecular flexibility index (Phi) is 8.53. The highest BCUT2D eigenvalue weighted by Gasteiger charge is 2.33. The first-order valence-corrected chi connectivity index (χ1v) is 14.4. The molecule has 1 aromatic heterocycles. The number of anilines is 1. The van der Waals surface area contributed by atoms with E-state index in [0.29, 0.717) is 26.4 Å². The standard InChI is InChI=1S/C32H30N4O6S/c1-5-41-31(38)28-20(2)33-32-35(29(28)23-10-14-24(15-11-23)34(3)4)30(37)27(43-32)18-21-8-16-26(17-9-21)42-19-22-6-12-25(13-7-22)36(39)40/h6-18,29H,5,19H2,1-4H3/b27-18-/t29-/m1/s1. The zero-order valence-corrected chi connectivity index (χ0v) is 25.0. The van der Waals surface area contributed by atoms with Crippen molar-refractivity contribution < 1.29 is 19.2 Å². The lowest BCUT2D eigenvalue weighted by molar-refractivity contribution is -0.384. The van der Waals surface area contributed by atoms with E-state index in [9.17, 15) is 19.7 Å². The van der Waals surface area contributed by atoms with E-state index in [1.54, 1.807) is 48.8 Å². The summed E-state index contributed by atoms with van der Waals surface area (Å²) < 4.78 is 13.2. The normalized spacial score (nSPS) is 14.6. The summed E-state index contributed by atoms with van der Waals surface area (Å²) in [5.41, 5.74) is 4.01. The van der Waals surface area contributed by atoms with Crippen LogP contribution in [0.25, 0.3) is 6.08 Å². The zero-order valence-electron chi connectivity index (χ0n) is 24.1. The van der Waals surface area contributed by atoms with Crippen molar-refractivity contribution in [3.05, 3.63) is 131 Å². The molecule has 0 saturated heterocycles. The number of hydrogen-bond donors (Lipinski definition) is 0. The van der Waals surface area contributed by atoms with Crippen LogP contribution in [-0.4, -0.2) is 36.2 Å². The molecular weight excluding hydrogens is 568 g/mol. The molecule has 4 aromatic rings. The summed E-state index contributed by atoms with van der Waals surface area (Å²) in [6, 6.07) is 20.6. The Morgan fingerprint density at radius 3 is 2.35 bits per heavy atom. The summed E-state index contributed by atoms with van der Waals surface area (Å²) in [6.07, 6.45) is 1.79. The minimum atomic E-state index is -0.677. The summed E-state index contributed by atoms with van der Waals surface area (Å²) in [4.78, 5) is 44.5. The van der Waals surface area contributed by atoms with Crippen molar-refractivity contribution in [3.8, 4) is 5.75 Å². The molecule has 5 rings (SSSR count). The molecule has 11 heteroatoms. The third-order valence-electron chi connectivity index (χ3n) is 6.97. The van der Waals surface area contributed by atoms with Crippen LogP contribution in [0, 0.1) is 10.1 Å². The second-order valence-corrected chi connectivity index (χ2v) is 11.1. The molecule has 0 fully saturated rings. The number of benzene rings is 3. The third-order valence-corrected chi connectivity index (χ3v) is 7.96. The number of nitrogens with zero attached hydrogens (tertiary/aromatic N) is 4. The number of nitro benzene ring substituents is 1. The minimum absolute atomic E-state index is 0.0271. The van der Waals surface area contributed by atoms with Crippen molar-refractivity contribution in [1.82, 2.24) is 4.57 Å². The van der Waals surface area contributed by atoms with E-state index in [1.165, 1.54) is 23.5 Å². The molecule has 43 heavy (non-hydrogen) atoms. The van der Waals surface area contributed by atoms with Crippen LogP contribution in [-0.2, 0) is 16.1 Å². The molecule has 0 saturated carbocycles. The molecule has 1 aliphatic rings. The zero-order chi connectivity index (χ0) is 30.7. The van der Waals surface area contributed by atoms with Crippen LogP contribution in [0.15, 0.2) is 93.9 Å². The molecule has 0 aliphatic carbocycles. The average Bonchev–Trinajstić information content (AvgIpc) is 3.30. The maximum atomic E-state index is 13.8. The predicted octanol–water partition coefficient (Wildman–Crippen LogP) is 4.35. The first-order chi connectivity index (χ1) is 20.7. The van der Waals surface area contributed by atoms with Crippen molar-refractivity contribution in [2.45, 2.75) is 26.5 Å². The number of carbonyl (C=O) groups is 1. The summed E-state index contributed by atoms with van der Waals surface area (Å²) in [6.45, 7) is 3.98. The van der Waals surface area contributed by atoms with Gasteiger partial charge in [-0.05, 0) is 73.0 Å². The monoisotopic (exact) mass is 598 g/mol. The van der Waals surface area contributed by atoms with Crippen molar-refractivity contribution in [2.24, 2.45) is 4.99 Å². The fraction of sp³-hybridized carbons (Fsp3) is 0.219. The van der Waals surface area contributed by atoms with Gasteiger partial charge < -0.3 is 14.4 Å². The van der Waals surface area contributed by atoms with Crippen molar-refractivity contribution in [2.75, 3.05) is 25.6 Å². The number of aromatic nitrogens is 1. The molecular formula is C32H30N4O6S. The van der Waals surface area contributed by atoms with Gasteiger partial charge in [0.05, 0.1) is 33.4 Å². The number of ether oxygens (including phenoxy) is 2. The van der Waals surface area contributed by atoms with Gasteiger partial charge in [-0.15, -0.1) is 0 Å². The summed E-state index contributed by atoms with van der Waals surface area (Å²) in [5, 5.41) is 10.8. The molecule has 1 aliphatic heterocycles. The van der Waals surface area contributed by atoms with Gasteiger partial charge in [-0.25, -0.2) is 9.79 Å². The summed E-state index contributed by atoms with van der Waals surface area (Å²) >= 11 is 1.26. The van der Waals surface area contributed by atoms with E-state index in [4.69, 9.17) is 9.47 Å². The van der Waals surface area contributed by atoms with E-state index in [1.807, 2.05) is 55.4 Å². The Hall–Kier alpha value is -5.03. The average molecular weight is 599 g/mol. The second kappa shape index (κ2) is 12.5. The number of hydrogen-bond acceptors (Lipinski definition) is 9. The van der Waals surface area contributed by atoms with Crippen LogP contribution in [0.1, 0.15) is 36.6 Å². The molecule has 0 unspecified atom stereocenters. The van der Waals surface area contributed by atoms with Gasteiger partial charge in [-0.3, -0.25) is 19.5 Å². The Bertz CT molecular complexity index is 1870. The van der Waals surface area contributed by atoms with E-state index in [0.717, 1.165) is 22.4 Å². The van der Waals surface area contributed by atoms with Crippen molar-refractivity contribution in [3.63, 3.8) is 0 Å². The van der Waals surface area contributed by atoms with Gasteiger partial charge >= 0.3 is 5.97 Å². The number of thiazole rings is 1. The van der Waals surface area contributed by atoms with E-state index < -0.39 is 16.9 Å². The van der Waals surface area contributed by atoms with E-state index in [2.05, 4.69) is 4.99 Å². The van der Waals surface area contributed by atoms with Gasteiger partial charge in [0.2, 0.25) is 0 Å². The highest BCUT2D eigenvalue weighted by Crippen LogP contribution is 2.31. The molecule has 0 N–H and O–H groups in total. The third kappa shape index (κ3) is 6.26. The number of esters is 1. The summed E-state index contributed by atoms with van der Waals surface area (Å²) in [7, 11) is 3.90. The molecule has 10 nitrogen and oxygen atoms in total. The summed E-state index contributed by atoms with van der Waals surface area (Å²) in [5.74, 6) is 0.122. The highest BCUT2D eigenvalue weighted by atomic mass is 32.1. The molecule has 220 valence electrons. The van der Waals surface area contributed by atoms with Crippen LogP contribution in [0.2, 0.25) is 0 Å². The van der Waals surface area contributed by atoms with Crippen LogP contribution >= 0.6 is 11.3 Å². The van der Waals surface area contributed by atoms with Crippen LogP contribution in [0.4, 0.5) is 11.4 Å². The number of non-ortho nitro benzene ring substituents is 1. The van der Waals surface area contributed by atoms with E-state index in [-0.39, 0.29) is 24.5 Å². The number of carbonyl (C=O) groups excluding carboxylic acids is 1. The van der Waals surface area contributed by atoms with Crippen LogP contribution in [0.5, 0.6) is 5.75 Å². The molecule has 0 spiro atoms. The molecule has 3 aromatic carbocycles. The number of fused-ring (bicyclic) bond motifs is 1. The largest absolute Gasteiger partial charge is 0.489 e. The van der Waals surface area contributed by atoms with Gasteiger partial charge in [0, 0.05) is 31.9 Å². The fourth-order valence-electron chi connectivity index (χ4n) is 4.75. The van der Waals surface area contributed by atoms with Crippen molar-refractivity contribution in [1.29, 1.82) is 0 Å². The molecule has 0 bridgehead atoms. The Morgan fingerprint density at radius 1 is 1.07 bits per heavy atom. The molecule has 1 atom stereocenters. The first kappa shape index (κ1) is 29.5. The van der Waals surface area contributed by atoms with Gasteiger partial charge in [-0.2, -0.15) is 0 Å². The molecule has 2 heterocycles. The minimum Gasteiger partial charge on any atom is -0.489 e. The van der Waals surface area contributed by atoms with Crippen molar-refractivity contribution >= 4 is 34.8 Å². The smallest absolute Gasteiger partial charge is 0.338 e. The first-order valence-electron chi connectivity index (χ1n) is 13.6. The molecule has 0 radical (unpaired) electrons. The quantitative estimate of drug-likeness (QED) is 0.160. The van der Waals surface area contributed by atoms with Crippen LogP contribution in [0.3, 0.4) is 0 Å². The van der Waals surface area contributed by atoms with Gasteiger partial charge in [-0.1, -0.05) is 35.6 Å². The number of allylic oxidation sites excluding steroid dienone is 1. The number of nitro groups is 1. The highest BCUT2D eigenvalue weighted by molar-refractivity contribution is 7.07. The predicted molar refractivity (Wildman–Crippen MR) is 165 cm³/mol. The van der Waals surface area contributed by atoms with E-state index >= 15 is 0 Å². The molecule has 0 amide bonds. The Balaban J connectivity index is 1.45. The maximum Gasteiger partial charge on any atom is 0.338 e. The fourth-order valence-corrected chi connectivity index (χ4v) is 5.80. The van der Waals surface area contributed by atoms with Gasteiger partial charge in [0.25, 0.3) is 11.2 Å².